The molecular weight excluding hydrogens is 316 g/mol. The maximum atomic E-state index is 13.1. The number of nitrogens with zero attached hydrogens (tertiary/aromatic N) is 4. The predicted molar refractivity (Wildman–Crippen MR) is 84.2 cm³/mol. The molecule has 1 saturated heterocycles. The molecule has 2 aromatic rings. The molecule has 0 N–H and O–H groups in total. The zero-order chi connectivity index (χ0) is 16.4. The average Bonchev–Trinajstić information content (AvgIpc) is 3.10. The number of hydrogen-bond acceptors (Lipinski definition) is 5. The van der Waals surface area contributed by atoms with Crippen LogP contribution in [0.2, 0.25) is 0 Å². The van der Waals surface area contributed by atoms with Crippen molar-refractivity contribution >= 4 is 10.0 Å². The summed E-state index contributed by atoms with van der Waals surface area (Å²) in [6.07, 6.45) is 6.60. The summed E-state index contributed by atoms with van der Waals surface area (Å²) < 4.78 is 34.7. The second-order valence-electron chi connectivity index (χ2n) is 5.88. The molecular formula is C15H22N4O3S. The maximum absolute atomic E-state index is 13.1. The first-order valence-electron chi connectivity index (χ1n) is 8.00. The molecule has 3 heterocycles. The zero-order valence-electron chi connectivity index (χ0n) is 13.5. The van der Waals surface area contributed by atoms with E-state index in [4.69, 9.17) is 4.52 Å². The Balaban J connectivity index is 1.98. The van der Waals surface area contributed by atoms with Crippen LogP contribution in [0.1, 0.15) is 50.1 Å². The van der Waals surface area contributed by atoms with Crippen LogP contribution in [0.4, 0.5) is 0 Å². The van der Waals surface area contributed by atoms with Gasteiger partial charge in [-0.05, 0) is 26.7 Å². The first-order chi connectivity index (χ1) is 11.0. The Morgan fingerprint density at radius 1 is 1.35 bits per heavy atom. The summed E-state index contributed by atoms with van der Waals surface area (Å²) in [7, 11) is -3.60. The highest BCUT2D eigenvalue weighted by Crippen LogP contribution is 2.34. The van der Waals surface area contributed by atoms with E-state index in [1.165, 1.54) is 6.20 Å². The Hall–Kier alpha value is -1.67. The normalized spacial score (nSPS) is 20.5. The van der Waals surface area contributed by atoms with Gasteiger partial charge in [-0.25, -0.2) is 8.42 Å². The van der Waals surface area contributed by atoms with Crippen LogP contribution in [0.3, 0.4) is 0 Å². The fraction of sp³-hybridized carbons (Fsp3) is 0.600. The van der Waals surface area contributed by atoms with Crippen LogP contribution in [-0.4, -0.2) is 34.2 Å². The third-order valence-electron chi connectivity index (χ3n) is 4.22. The van der Waals surface area contributed by atoms with Gasteiger partial charge in [0.05, 0.1) is 17.9 Å². The third-order valence-corrected chi connectivity index (χ3v) is 6.08. The van der Waals surface area contributed by atoms with E-state index in [1.54, 1.807) is 15.2 Å². The Bertz CT molecular complexity index is 765. The van der Waals surface area contributed by atoms with Crippen LogP contribution in [-0.2, 0) is 16.6 Å². The lowest BCUT2D eigenvalue weighted by atomic mass is 10.1. The molecule has 2 aromatic heterocycles. The largest absolute Gasteiger partial charge is 0.359 e. The van der Waals surface area contributed by atoms with E-state index in [2.05, 4.69) is 10.3 Å². The average molecular weight is 338 g/mol. The van der Waals surface area contributed by atoms with Crippen LogP contribution in [0.5, 0.6) is 0 Å². The molecule has 0 saturated carbocycles. The van der Waals surface area contributed by atoms with Gasteiger partial charge < -0.3 is 4.52 Å². The summed E-state index contributed by atoms with van der Waals surface area (Å²) in [5.74, 6) is 0.621. The van der Waals surface area contributed by atoms with Gasteiger partial charge in [-0.2, -0.15) is 9.40 Å². The molecule has 23 heavy (non-hydrogen) atoms. The second-order valence-corrected chi connectivity index (χ2v) is 7.77. The molecule has 0 amide bonds. The first-order valence-corrected chi connectivity index (χ1v) is 9.44. The lowest BCUT2D eigenvalue weighted by Gasteiger charge is -2.26. The molecule has 126 valence electrons. The van der Waals surface area contributed by atoms with Crippen molar-refractivity contribution in [3.8, 4) is 0 Å². The molecule has 1 aliphatic heterocycles. The van der Waals surface area contributed by atoms with Gasteiger partial charge >= 0.3 is 0 Å². The van der Waals surface area contributed by atoms with Crippen molar-refractivity contribution in [1.29, 1.82) is 0 Å². The highest BCUT2D eigenvalue weighted by atomic mass is 32.2. The molecule has 0 radical (unpaired) electrons. The van der Waals surface area contributed by atoms with E-state index >= 15 is 0 Å². The van der Waals surface area contributed by atoms with Crippen LogP contribution in [0.25, 0.3) is 0 Å². The third kappa shape index (κ3) is 3.18. The van der Waals surface area contributed by atoms with E-state index in [9.17, 15) is 8.42 Å². The minimum absolute atomic E-state index is 0.238. The van der Waals surface area contributed by atoms with Crippen molar-refractivity contribution in [2.24, 2.45) is 0 Å². The number of rotatable bonds is 4. The molecule has 1 fully saturated rings. The highest BCUT2D eigenvalue weighted by molar-refractivity contribution is 7.89. The number of aryl methyl sites for hydroxylation is 2. The first kappa shape index (κ1) is 16.2. The molecule has 0 unspecified atom stereocenters. The molecule has 8 heteroatoms. The van der Waals surface area contributed by atoms with E-state index in [0.717, 1.165) is 31.4 Å². The summed E-state index contributed by atoms with van der Waals surface area (Å²) in [4.78, 5) is 0.238. The monoisotopic (exact) mass is 338 g/mol. The van der Waals surface area contributed by atoms with Crippen LogP contribution in [0.15, 0.2) is 27.9 Å². The summed E-state index contributed by atoms with van der Waals surface area (Å²) in [5, 5.41) is 8.01. The molecule has 3 rings (SSSR count). The van der Waals surface area contributed by atoms with Crippen molar-refractivity contribution in [2.45, 2.75) is 57.0 Å². The fourth-order valence-corrected chi connectivity index (χ4v) is 4.60. The van der Waals surface area contributed by atoms with Gasteiger partial charge in [0.1, 0.15) is 4.90 Å². The molecule has 7 nitrogen and oxygen atoms in total. The van der Waals surface area contributed by atoms with Crippen molar-refractivity contribution < 1.29 is 12.9 Å². The lowest BCUT2D eigenvalue weighted by Crippen LogP contribution is -2.34. The van der Waals surface area contributed by atoms with Gasteiger partial charge in [0, 0.05) is 25.4 Å². The molecule has 1 aliphatic rings. The van der Waals surface area contributed by atoms with Crippen LogP contribution < -0.4 is 0 Å². The van der Waals surface area contributed by atoms with Crippen molar-refractivity contribution in [1.82, 2.24) is 19.2 Å². The Morgan fingerprint density at radius 3 is 2.83 bits per heavy atom. The number of aromatic nitrogens is 3. The van der Waals surface area contributed by atoms with E-state index < -0.39 is 10.0 Å². The summed E-state index contributed by atoms with van der Waals surface area (Å²) in [6, 6.07) is 1.53. The lowest BCUT2D eigenvalue weighted by molar-refractivity contribution is 0.258. The zero-order valence-corrected chi connectivity index (χ0v) is 14.3. The van der Waals surface area contributed by atoms with Crippen LogP contribution in [0, 0.1) is 6.92 Å². The van der Waals surface area contributed by atoms with Crippen molar-refractivity contribution in [2.75, 3.05) is 6.54 Å². The molecule has 1 atom stereocenters. The second kappa shape index (κ2) is 6.45. The van der Waals surface area contributed by atoms with Gasteiger partial charge in [0.2, 0.25) is 10.0 Å². The SMILES string of the molecule is CCn1cc(S(=O)(=O)N2CCCCC[C@H]2c2cc(C)no2)cn1. The van der Waals surface area contributed by atoms with Gasteiger partial charge in [0.15, 0.2) is 5.76 Å². The van der Waals surface area contributed by atoms with E-state index in [-0.39, 0.29) is 10.9 Å². The number of sulfonamides is 1. The summed E-state index contributed by atoms with van der Waals surface area (Å²) >= 11 is 0. The minimum Gasteiger partial charge on any atom is -0.359 e. The smallest absolute Gasteiger partial charge is 0.246 e. The Morgan fingerprint density at radius 2 is 2.17 bits per heavy atom. The van der Waals surface area contributed by atoms with Gasteiger partial charge in [0.25, 0.3) is 0 Å². The maximum Gasteiger partial charge on any atom is 0.246 e. The predicted octanol–water partition coefficient (Wildman–Crippen LogP) is 2.51. The Kier molecular flexibility index (Phi) is 4.54. The van der Waals surface area contributed by atoms with Gasteiger partial charge in [-0.15, -0.1) is 0 Å². The molecule has 0 spiro atoms. The van der Waals surface area contributed by atoms with E-state index in [1.807, 2.05) is 19.9 Å². The minimum atomic E-state index is -3.60. The van der Waals surface area contributed by atoms with Crippen molar-refractivity contribution in [3.63, 3.8) is 0 Å². The summed E-state index contributed by atoms with van der Waals surface area (Å²) in [6.45, 7) is 4.90. The highest BCUT2D eigenvalue weighted by Gasteiger charge is 2.36. The van der Waals surface area contributed by atoms with Crippen LogP contribution >= 0.6 is 0 Å². The quantitative estimate of drug-likeness (QED) is 0.855. The Labute approximate surface area is 136 Å². The number of hydrogen-bond donors (Lipinski definition) is 0. The van der Waals surface area contributed by atoms with Gasteiger partial charge in [-0.1, -0.05) is 18.0 Å². The molecule has 0 aliphatic carbocycles. The van der Waals surface area contributed by atoms with E-state index in [0.29, 0.717) is 18.8 Å². The molecule has 0 aromatic carbocycles. The topological polar surface area (TPSA) is 81.2 Å². The fourth-order valence-electron chi connectivity index (χ4n) is 2.98. The van der Waals surface area contributed by atoms with Gasteiger partial charge in [-0.3, -0.25) is 4.68 Å². The molecule has 0 bridgehead atoms. The van der Waals surface area contributed by atoms with Crippen molar-refractivity contribution in [3.05, 3.63) is 29.9 Å². The summed E-state index contributed by atoms with van der Waals surface area (Å²) in [5.41, 5.74) is 0.764. The standard InChI is InChI=1S/C15H22N4O3S/c1-3-18-11-13(10-16-18)23(20,21)19-8-6-4-5-7-14(19)15-9-12(2)17-22-15/h9-11,14H,3-8H2,1-2H3/t14-/m0/s1.